The van der Waals surface area contributed by atoms with Gasteiger partial charge in [-0.25, -0.2) is 0 Å². The second-order valence-electron chi connectivity index (χ2n) is 24.6. The molecule has 0 aliphatic rings. The van der Waals surface area contributed by atoms with Crippen LogP contribution in [0.2, 0.25) is 0 Å². The Morgan fingerprint density at radius 3 is 0.767 bits per heavy atom. The SMILES string of the molecule is Cc1cccc(-c2ccccc2)c1-c1c2ccc(-c3c4ccccc4c(-c4ccc(C)c5ccccc45)c4ccccc34)cc2c(-c2c(C)cccc2-c2ccccc2)c2ccc(-c3c4ccccc4c(-c4ccc(C)c5ccccc45)c4ccccc34)cc12. The van der Waals surface area contributed by atoms with Crippen LogP contribution < -0.4 is 0 Å². The van der Waals surface area contributed by atoms with Crippen molar-refractivity contribution in [2.75, 3.05) is 0 Å². The van der Waals surface area contributed by atoms with E-state index < -0.39 is 0 Å². The average Bonchev–Trinajstić information content (AvgIpc) is 0.750. The Morgan fingerprint density at radius 1 is 0.133 bits per heavy atom. The van der Waals surface area contributed by atoms with E-state index >= 15 is 0 Å². The lowest BCUT2D eigenvalue weighted by molar-refractivity contribution is 1.46. The summed E-state index contributed by atoms with van der Waals surface area (Å²) >= 11 is 0. The maximum Gasteiger partial charge on any atom is -0.00172 e. The van der Waals surface area contributed by atoms with Crippen molar-refractivity contribution in [1.82, 2.24) is 0 Å². The van der Waals surface area contributed by atoms with E-state index in [4.69, 9.17) is 0 Å². The monoisotopic (exact) mass is 1140 g/mol. The predicted molar refractivity (Wildman–Crippen MR) is 389 cm³/mol. The molecule has 0 amide bonds. The van der Waals surface area contributed by atoms with Crippen molar-refractivity contribution >= 4 is 86.2 Å². The van der Waals surface area contributed by atoms with Crippen LogP contribution >= 0.6 is 0 Å². The Labute approximate surface area is 525 Å². The zero-order chi connectivity index (χ0) is 60.1. The van der Waals surface area contributed by atoms with Crippen molar-refractivity contribution in [3.8, 4) is 89.0 Å². The fourth-order valence-electron chi connectivity index (χ4n) is 15.6. The van der Waals surface area contributed by atoms with Gasteiger partial charge in [-0.1, -0.05) is 291 Å². The minimum Gasteiger partial charge on any atom is -0.0622 e. The first-order valence-corrected chi connectivity index (χ1v) is 31.6. The van der Waals surface area contributed by atoms with Crippen LogP contribution in [-0.4, -0.2) is 0 Å². The van der Waals surface area contributed by atoms with Crippen LogP contribution in [0, 0.1) is 27.7 Å². The van der Waals surface area contributed by atoms with E-state index in [-0.39, 0.29) is 0 Å². The van der Waals surface area contributed by atoms with Crippen LogP contribution in [0.1, 0.15) is 22.3 Å². The van der Waals surface area contributed by atoms with Crippen molar-refractivity contribution < 1.29 is 0 Å². The van der Waals surface area contributed by atoms with Gasteiger partial charge in [-0.3, -0.25) is 0 Å². The highest BCUT2D eigenvalue weighted by molar-refractivity contribution is 6.29. The highest BCUT2D eigenvalue weighted by atomic mass is 14.3. The molecule has 0 aliphatic heterocycles. The lowest BCUT2D eigenvalue weighted by atomic mass is 9.78. The zero-order valence-electron chi connectivity index (χ0n) is 50.9. The van der Waals surface area contributed by atoms with E-state index in [2.05, 4.69) is 331 Å². The molecule has 17 rings (SSSR count). The topological polar surface area (TPSA) is 0 Å². The molecular weight excluding hydrogens is 1080 g/mol. The summed E-state index contributed by atoms with van der Waals surface area (Å²) in [6.07, 6.45) is 0. The Morgan fingerprint density at radius 2 is 0.422 bits per heavy atom. The molecule has 17 aromatic rings. The van der Waals surface area contributed by atoms with E-state index in [1.54, 1.807) is 0 Å². The molecule has 0 heterocycles. The van der Waals surface area contributed by atoms with Gasteiger partial charge >= 0.3 is 0 Å². The molecule has 0 saturated heterocycles. The Bertz CT molecular complexity index is 5330. The molecule has 90 heavy (non-hydrogen) atoms. The van der Waals surface area contributed by atoms with Gasteiger partial charge in [0.05, 0.1) is 0 Å². The summed E-state index contributed by atoms with van der Waals surface area (Å²) < 4.78 is 0. The largest absolute Gasteiger partial charge is 0.0622 e. The van der Waals surface area contributed by atoms with Crippen LogP contribution in [0.25, 0.3) is 175 Å². The van der Waals surface area contributed by atoms with Gasteiger partial charge in [0.1, 0.15) is 0 Å². The molecule has 0 saturated carbocycles. The molecule has 0 atom stereocenters. The normalized spacial score (nSPS) is 11.8. The molecule has 0 radical (unpaired) electrons. The van der Waals surface area contributed by atoms with Crippen LogP contribution in [0.3, 0.4) is 0 Å². The molecule has 17 aromatic carbocycles. The van der Waals surface area contributed by atoms with E-state index in [9.17, 15) is 0 Å². The highest BCUT2D eigenvalue weighted by Gasteiger charge is 2.27. The number of fused-ring (bicyclic) bond motifs is 8. The van der Waals surface area contributed by atoms with Crippen LogP contribution in [0.4, 0.5) is 0 Å². The summed E-state index contributed by atoms with van der Waals surface area (Å²) in [6, 6.07) is 114. The zero-order valence-corrected chi connectivity index (χ0v) is 50.9. The first kappa shape index (κ1) is 53.1. The molecule has 0 aromatic heterocycles. The molecule has 0 nitrogen and oxygen atoms in total. The Balaban J connectivity index is 1.03. The fraction of sp³-hybridized carbons (Fsp3) is 0.0444. The second kappa shape index (κ2) is 21.3. The number of benzene rings is 17. The smallest absolute Gasteiger partial charge is 0.00172 e. The molecule has 0 unspecified atom stereocenters. The van der Waals surface area contributed by atoms with Crippen molar-refractivity contribution in [1.29, 1.82) is 0 Å². The third-order valence-electron chi connectivity index (χ3n) is 19.6. The maximum atomic E-state index is 2.56. The van der Waals surface area contributed by atoms with Crippen LogP contribution in [-0.2, 0) is 0 Å². The third-order valence-corrected chi connectivity index (χ3v) is 19.6. The van der Waals surface area contributed by atoms with Gasteiger partial charge in [0, 0.05) is 0 Å². The van der Waals surface area contributed by atoms with Gasteiger partial charge in [0.15, 0.2) is 0 Å². The third kappa shape index (κ3) is 8.29. The number of hydrogen-bond donors (Lipinski definition) is 0. The van der Waals surface area contributed by atoms with Crippen molar-refractivity contribution in [2.24, 2.45) is 0 Å². The Hall–Kier alpha value is -11.2. The summed E-state index contributed by atoms with van der Waals surface area (Å²) in [7, 11) is 0. The molecule has 422 valence electrons. The van der Waals surface area contributed by atoms with Crippen LogP contribution in [0.5, 0.6) is 0 Å². The van der Waals surface area contributed by atoms with Gasteiger partial charge in [-0.05, 0) is 237 Å². The van der Waals surface area contributed by atoms with Gasteiger partial charge < -0.3 is 0 Å². The molecule has 0 heteroatoms. The number of rotatable bonds is 8. The summed E-state index contributed by atoms with van der Waals surface area (Å²) in [6.45, 7) is 9.08. The summed E-state index contributed by atoms with van der Waals surface area (Å²) in [4.78, 5) is 0. The molecule has 0 bridgehead atoms. The molecule has 0 fully saturated rings. The average molecular weight is 1140 g/mol. The maximum absolute atomic E-state index is 2.56. The van der Waals surface area contributed by atoms with Gasteiger partial charge in [0.2, 0.25) is 0 Å². The van der Waals surface area contributed by atoms with Crippen LogP contribution in [0.15, 0.2) is 303 Å². The van der Waals surface area contributed by atoms with Gasteiger partial charge in [-0.15, -0.1) is 0 Å². The lowest BCUT2D eigenvalue weighted by Gasteiger charge is -2.25. The minimum absolute atomic E-state index is 1.18. The van der Waals surface area contributed by atoms with Gasteiger partial charge in [-0.2, -0.15) is 0 Å². The van der Waals surface area contributed by atoms with Crippen molar-refractivity contribution in [2.45, 2.75) is 27.7 Å². The van der Waals surface area contributed by atoms with Crippen molar-refractivity contribution in [3.63, 3.8) is 0 Å². The number of hydrogen-bond acceptors (Lipinski definition) is 0. The molecule has 0 spiro atoms. The predicted octanol–water partition coefficient (Wildman–Crippen LogP) is 25.5. The van der Waals surface area contributed by atoms with E-state index in [1.807, 2.05) is 0 Å². The Kier molecular flexibility index (Phi) is 12.6. The summed E-state index contributed by atoms with van der Waals surface area (Å²) in [5, 5.41) is 19.8. The standard InChI is InChI=1S/C90H62/c1-55-45-49-77(67-33-13-11-31-63(55)67)87-73-39-19-15-35-69(73)85(70-36-16-20-40-74(70)87)61-47-51-79-81(53-61)89(83-57(3)25-23-43-65(83)59-27-7-5-8-28-59)80-52-48-62(54-82(80)90(79)84-58(4)26-24-44-66(84)60-29-9-6-10-30-60)86-71-37-17-21-41-75(71)88(76-42-22-18-38-72(76)86)78-50-46-56(2)64-32-12-14-34-68(64)78/h5-54H,1-4H3. The van der Waals surface area contributed by atoms with Gasteiger partial charge in [0.25, 0.3) is 0 Å². The lowest BCUT2D eigenvalue weighted by Crippen LogP contribution is -1.98. The molecule has 0 N–H and O–H groups in total. The fourth-order valence-corrected chi connectivity index (χ4v) is 15.6. The molecule has 0 aliphatic carbocycles. The highest BCUT2D eigenvalue weighted by Crippen LogP contribution is 2.54. The first-order chi connectivity index (χ1) is 44.4. The van der Waals surface area contributed by atoms with E-state index in [1.165, 1.54) is 197 Å². The first-order valence-electron chi connectivity index (χ1n) is 31.6. The molecular formula is C90H62. The number of aryl methyl sites for hydroxylation is 4. The van der Waals surface area contributed by atoms with E-state index in [0.29, 0.717) is 0 Å². The van der Waals surface area contributed by atoms with E-state index in [0.717, 1.165) is 0 Å². The summed E-state index contributed by atoms with van der Waals surface area (Å²) in [5.74, 6) is 0. The minimum atomic E-state index is 1.18. The summed E-state index contributed by atoms with van der Waals surface area (Å²) in [5.41, 5.74) is 24.6. The quantitative estimate of drug-likeness (QED) is 0.133. The van der Waals surface area contributed by atoms with Crippen molar-refractivity contribution in [3.05, 3.63) is 326 Å². The second-order valence-corrected chi connectivity index (χ2v) is 24.6.